The maximum atomic E-state index is 12.5. The minimum absolute atomic E-state index is 0.129. The standard InChI is InChI=1S/C18H19ClN4O/c19-17-16(13-7-3-1-4-8-13)18-20-14(11-15(24)23(18)21-17)12-22-9-5-2-6-10-22/h1,3-4,7-8,11,21H,2,5-6,9-10,12H2. The number of aromatic amines is 1. The molecule has 124 valence electrons. The normalized spacial score (nSPS) is 15.9. The van der Waals surface area contributed by atoms with Crippen LogP contribution in [0.2, 0.25) is 5.15 Å². The zero-order valence-electron chi connectivity index (χ0n) is 13.3. The number of hydrogen-bond donors (Lipinski definition) is 1. The van der Waals surface area contributed by atoms with E-state index in [1.807, 2.05) is 30.3 Å². The van der Waals surface area contributed by atoms with Crippen LogP contribution in [0.3, 0.4) is 0 Å². The number of nitrogens with one attached hydrogen (secondary N) is 1. The molecule has 1 N–H and O–H groups in total. The molecule has 0 bridgehead atoms. The number of piperidine rings is 1. The number of hydrogen-bond acceptors (Lipinski definition) is 3. The molecule has 4 rings (SSSR count). The highest BCUT2D eigenvalue weighted by Crippen LogP contribution is 2.30. The molecule has 0 amide bonds. The van der Waals surface area contributed by atoms with E-state index in [0.717, 1.165) is 29.9 Å². The minimum atomic E-state index is -0.129. The van der Waals surface area contributed by atoms with Crippen LogP contribution in [-0.4, -0.2) is 32.6 Å². The fourth-order valence-electron chi connectivity index (χ4n) is 3.35. The number of halogens is 1. The first-order valence-electron chi connectivity index (χ1n) is 8.30. The number of rotatable bonds is 3. The zero-order chi connectivity index (χ0) is 16.5. The molecule has 0 aliphatic carbocycles. The fraction of sp³-hybridized carbons (Fsp3) is 0.333. The SMILES string of the molecule is O=c1cc(CN2CCCCC2)nc2c(-c3ccccc3)c(Cl)[nH]n12. The van der Waals surface area contributed by atoms with Gasteiger partial charge in [-0.25, -0.2) is 4.98 Å². The van der Waals surface area contributed by atoms with E-state index in [0.29, 0.717) is 17.3 Å². The van der Waals surface area contributed by atoms with Crippen LogP contribution < -0.4 is 5.56 Å². The summed E-state index contributed by atoms with van der Waals surface area (Å²) in [6, 6.07) is 11.4. The van der Waals surface area contributed by atoms with Crippen molar-refractivity contribution < 1.29 is 0 Å². The lowest BCUT2D eigenvalue weighted by molar-refractivity contribution is 0.218. The van der Waals surface area contributed by atoms with Gasteiger partial charge >= 0.3 is 0 Å². The summed E-state index contributed by atoms with van der Waals surface area (Å²) in [5.74, 6) is 0. The van der Waals surface area contributed by atoms with Crippen LogP contribution in [-0.2, 0) is 6.54 Å². The molecule has 0 saturated carbocycles. The lowest BCUT2D eigenvalue weighted by Crippen LogP contribution is -2.30. The van der Waals surface area contributed by atoms with E-state index < -0.39 is 0 Å². The third kappa shape index (κ3) is 2.85. The first-order chi connectivity index (χ1) is 11.7. The Morgan fingerprint density at radius 1 is 1.12 bits per heavy atom. The van der Waals surface area contributed by atoms with Crippen LogP contribution in [0, 0.1) is 0 Å². The summed E-state index contributed by atoms with van der Waals surface area (Å²) in [6.07, 6.45) is 3.72. The second-order valence-electron chi connectivity index (χ2n) is 6.25. The van der Waals surface area contributed by atoms with Crippen molar-refractivity contribution in [3.05, 3.63) is 57.6 Å². The Morgan fingerprint density at radius 2 is 1.88 bits per heavy atom. The number of likely N-dealkylation sites (tertiary alicyclic amines) is 1. The highest BCUT2D eigenvalue weighted by molar-refractivity contribution is 6.33. The highest BCUT2D eigenvalue weighted by atomic mass is 35.5. The van der Waals surface area contributed by atoms with Crippen LogP contribution >= 0.6 is 11.6 Å². The number of aromatic nitrogens is 3. The lowest BCUT2D eigenvalue weighted by Gasteiger charge is -2.25. The van der Waals surface area contributed by atoms with Gasteiger partial charge < -0.3 is 0 Å². The maximum Gasteiger partial charge on any atom is 0.273 e. The monoisotopic (exact) mass is 342 g/mol. The second-order valence-corrected chi connectivity index (χ2v) is 6.63. The molecule has 1 saturated heterocycles. The van der Waals surface area contributed by atoms with Crippen LogP contribution in [0.4, 0.5) is 0 Å². The molecule has 0 unspecified atom stereocenters. The third-order valence-corrected chi connectivity index (χ3v) is 4.80. The van der Waals surface area contributed by atoms with Gasteiger partial charge in [0, 0.05) is 12.6 Å². The summed E-state index contributed by atoms with van der Waals surface area (Å²) >= 11 is 6.35. The Balaban J connectivity index is 1.79. The van der Waals surface area contributed by atoms with Gasteiger partial charge in [0.15, 0.2) is 5.65 Å². The smallest absolute Gasteiger partial charge is 0.273 e. The maximum absolute atomic E-state index is 12.5. The Hall–Kier alpha value is -2.11. The first-order valence-corrected chi connectivity index (χ1v) is 8.68. The molecule has 0 radical (unpaired) electrons. The fourth-order valence-corrected chi connectivity index (χ4v) is 3.62. The second kappa shape index (κ2) is 6.42. The highest BCUT2D eigenvalue weighted by Gasteiger charge is 2.17. The molecule has 1 fully saturated rings. The molecule has 24 heavy (non-hydrogen) atoms. The van der Waals surface area contributed by atoms with Gasteiger partial charge in [-0.15, -0.1) is 0 Å². The van der Waals surface area contributed by atoms with Gasteiger partial charge in [-0.05, 0) is 31.5 Å². The van der Waals surface area contributed by atoms with E-state index in [1.54, 1.807) is 6.07 Å². The van der Waals surface area contributed by atoms with E-state index >= 15 is 0 Å². The summed E-state index contributed by atoms with van der Waals surface area (Å²) < 4.78 is 1.42. The zero-order valence-corrected chi connectivity index (χ0v) is 14.1. The Bertz CT molecular complexity index is 910. The molecule has 5 nitrogen and oxygen atoms in total. The topological polar surface area (TPSA) is 53.4 Å². The van der Waals surface area contributed by atoms with Crippen LogP contribution in [0.25, 0.3) is 16.8 Å². The van der Waals surface area contributed by atoms with Crippen molar-refractivity contribution in [1.82, 2.24) is 19.5 Å². The van der Waals surface area contributed by atoms with Gasteiger partial charge in [-0.3, -0.25) is 14.8 Å². The molecule has 2 aromatic heterocycles. The van der Waals surface area contributed by atoms with E-state index in [9.17, 15) is 4.79 Å². The third-order valence-electron chi connectivity index (χ3n) is 4.52. The van der Waals surface area contributed by atoms with Gasteiger partial charge in [0.2, 0.25) is 0 Å². The van der Waals surface area contributed by atoms with E-state index in [2.05, 4.69) is 10.00 Å². The van der Waals surface area contributed by atoms with Gasteiger partial charge in [0.1, 0.15) is 5.15 Å². The van der Waals surface area contributed by atoms with Crippen molar-refractivity contribution in [2.24, 2.45) is 0 Å². The molecule has 1 aliphatic rings. The van der Waals surface area contributed by atoms with Crippen molar-refractivity contribution in [3.8, 4) is 11.1 Å². The summed E-state index contributed by atoms with van der Waals surface area (Å²) in [5, 5.41) is 3.35. The lowest BCUT2D eigenvalue weighted by atomic mass is 10.1. The first kappa shape index (κ1) is 15.4. The van der Waals surface area contributed by atoms with Crippen LogP contribution in [0.5, 0.6) is 0 Å². The van der Waals surface area contributed by atoms with Gasteiger partial charge in [0.05, 0.1) is 11.3 Å². The van der Waals surface area contributed by atoms with E-state index in [-0.39, 0.29) is 5.56 Å². The molecular formula is C18H19ClN4O. The van der Waals surface area contributed by atoms with E-state index in [1.165, 1.54) is 23.8 Å². The minimum Gasteiger partial charge on any atom is -0.298 e. The van der Waals surface area contributed by atoms with Crippen LogP contribution in [0.1, 0.15) is 25.0 Å². The summed E-state index contributed by atoms with van der Waals surface area (Å²) in [6.45, 7) is 2.85. The van der Waals surface area contributed by atoms with Gasteiger partial charge in [-0.1, -0.05) is 48.4 Å². The predicted molar refractivity (Wildman–Crippen MR) is 95.4 cm³/mol. The summed E-state index contributed by atoms with van der Waals surface area (Å²) in [4.78, 5) is 19.5. The molecule has 3 heterocycles. The van der Waals surface area contributed by atoms with Crippen molar-refractivity contribution in [2.75, 3.05) is 13.1 Å². The largest absolute Gasteiger partial charge is 0.298 e. The average Bonchev–Trinajstić information content (AvgIpc) is 2.93. The molecule has 1 aromatic carbocycles. The molecular weight excluding hydrogens is 324 g/mol. The Kier molecular flexibility index (Phi) is 4.12. The number of H-pyrrole nitrogens is 1. The number of nitrogens with zero attached hydrogens (tertiary/aromatic N) is 3. The molecule has 6 heteroatoms. The Morgan fingerprint density at radius 3 is 2.62 bits per heavy atom. The average molecular weight is 343 g/mol. The summed E-state index contributed by atoms with van der Waals surface area (Å²) in [5.41, 5.74) is 2.98. The van der Waals surface area contributed by atoms with Gasteiger partial charge in [-0.2, -0.15) is 4.52 Å². The van der Waals surface area contributed by atoms with Crippen molar-refractivity contribution >= 4 is 17.2 Å². The molecule has 0 atom stereocenters. The predicted octanol–water partition coefficient (Wildman–Crippen LogP) is 3.33. The molecule has 1 aliphatic heterocycles. The number of benzene rings is 1. The van der Waals surface area contributed by atoms with Crippen molar-refractivity contribution in [1.29, 1.82) is 0 Å². The van der Waals surface area contributed by atoms with Crippen molar-refractivity contribution in [2.45, 2.75) is 25.8 Å². The van der Waals surface area contributed by atoms with E-state index in [4.69, 9.17) is 16.6 Å². The molecule has 0 spiro atoms. The Labute approximate surface area is 144 Å². The quantitative estimate of drug-likeness (QED) is 0.794. The van der Waals surface area contributed by atoms with Crippen molar-refractivity contribution in [3.63, 3.8) is 0 Å². The van der Waals surface area contributed by atoms with Crippen LogP contribution in [0.15, 0.2) is 41.2 Å². The molecule has 3 aromatic rings. The van der Waals surface area contributed by atoms with Gasteiger partial charge in [0.25, 0.3) is 5.56 Å². The summed E-state index contributed by atoms with van der Waals surface area (Å²) in [7, 11) is 0. The number of fused-ring (bicyclic) bond motifs is 1.